The number of rotatable bonds is 3. The van der Waals surface area contributed by atoms with Crippen LogP contribution in [0.15, 0.2) is 47.4 Å². The summed E-state index contributed by atoms with van der Waals surface area (Å²) in [4.78, 5) is 7.10. The Morgan fingerprint density at radius 3 is 2.57 bits per heavy atom. The molecule has 0 spiro atoms. The van der Waals surface area contributed by atoms with Crippen molar-refractivity contribution < 1.29 is 12.6 Å². The van der Waals surface area contributed by atoms with Crippen molar-refractivity contribution in [1.82, 2.24) is 9.97 Å². The molecule has 21 heavy (non-hydrogen) atoms. The summed E-state index contributed by atoms with van der Waals surface area (Å²) in [6.07, 6.45) is 0. The average molecular weight is 302 g/mol. The van der Waals surface area contributed by atoms with Crippen LogP contribution in [0.25, 0.3) is 11.0 Å². The van der Waals surface area contributed by atoms with Crippen molar-refractivity contribution in [2.45, 2.75) is 18.7 Å². The number of imidazole rings is 1. The lowest BCUT2D eigenvalue weighted by Gasteiger charge is -2.07. The highest BCUT2D eigenvalue weighted by Crippen LogP contribution is 2.22. The monoisotopic (exact) mass is 302 g/mol. The van der Waals surface area contributed by atoms with Crippen LogP contribution in [0.4, 0.5) is 0 Å². The van der Waals surface area contributed by atoms with Gasteiger partial charge in [-0.3, -0.25) is 0 Å². The summed E-state index contributed by atoms with van der Waals surface area (Å²) in [5.41, 5.74) is 3.02. The maximum absolute atomic E-state index is 12.3. The highest BCUT2D eigenvalue weighted by molar-refractivity contribution is 7.87. The molecule has 0 unspecified atom stereocenters. The Labute approximate surface area is 122 Å². The van der Waals surface area contributed by atoms with Crippen LogP contribution >= 0.6 is 0 Å². The first-order valence-electron chi connectivity index (χ1n) is 6.42. The van der Waals surface area contributed by atoms with E-state index in [0.717, 1.165) is 11.1 Å². The molecule has 1 heterocycles. The SMILES string of the molecule is Cc1ccc(S(=O)(=O)Oc2nc3ccccc3[nH]2)c(C)c1. The van der Waals surface area contributed by atoms with Crippen LogP contribution < -0.4 is 4.18 Å². The van der Waals surface area contributed by atoms with Crippen LogP contribution in [-0.4, -0.2) is 18.4 Å². The van der Waals surface area contributed by atoms with E-state index >= 15 is 0 Å². The minimum absolute atomic E-state index is 0.0313. The standard InChI is InChI=1S/C15H14N2O3S/c1-10-7-8-14(11(2)9-10)21(18,19)20-15-16-12-5-3-4-6-13(12)17-15/h3-9H,1-2H3,(H,16,17). The number of hydrogen-bond donors (Lipinski definition) is 1. The third-order valence-electron chi connectivity index (χ3n) is 3.16. The van der Waals surface area contributed by atoms with Gasteiger partial charge in [-0.1, -0.05) is 29.8 Å². The summed E-state index contributed by atoms with van der Waals surface area (Å²) in [5, 5.41) is 0. The number of aromatic nitrogens is 2. The van der Waals surface area contributed by atoms with Gasteiger partial charge in [0.2, 0.25) is 0 Å². The number of fused-ring (bicyclic) bond motifs is 1. The maximum atomic E-state index is 12.3. The first-order chi connectivity index (χ1) is 9.95. The molecule has 0 bridgehead atoms. The second-order valence-electron chi connectivity index (χ2n) is 4.87. The lowest BCUT2D eigenvalue weighted by Crippen LogP contribution is -2.12. The van der Waals surface area contributed by atoms with E-state index in [1.54, 1.807) is 37.3 Å². The quantitative estimate of drug-likeness (QED) is 0.755. The lowest BCUT2D eigenvalue weighted by molar-refractivity contribution is 0.468. The molecular weight excluding hydrogens is 288 g/mol. The van der Waals surface area contributed by atoms with Gasteiger partial charge in [0.1, 0.15) is 4.90 Å². The molecule has 0 radical (unpaired) electrons. The Kier molecular flexibility index (Phi) is 3.17. The van der Waals surface area contributed by atoms with Gasteiger partial charge in [0.25, 0.3) is 0 Å². The molecule has 1 N–H and O–H groups in total. The van der Waals surface area contributed by atoms with Crippen LogP contribution in [0.2, 0.25) is 0 Å². The third-order valence-corrected chi connectivity index (χ3v) is 4.53. The summed E-state index contributed by atoms with van der Waals surface area (Å²) in [6, 6.07) is 12.3. The smallest absolute Gasteiger partial charge is 0.342 e. The number of H-pyrrole nitrogens is 1. The van der Waals surface area contributed by atoms with Crippen LogP contribution in [0, 0.1) is 13.8 Å². The fourth-order valence-corrected chi connectivity index (χ4v) is 3.26. The Morgan fingerprint density at radius 1 is 1.10 bits per heavy atom. The van der Waals surface area contributed by atoms with E-state index < -0.39 is 10.1 Å². The highest BCUT2D eigenvalue weighted by atomic mass is 32.2. The van der Waals surface area contributed by atoms with Crippen molar-refractivity contribution in [2.75, 3.05) is 0 Å². The average Bonchev–Trinajstić information content (AvgIpc) is 2.79. The van der Waals surface area contributed by atoms with E-state index in [0.29, 0.717) is 11.1 Å². The number of nitrogens with zero attached hydrogens (tertiary/aromatic N) is 1. The Hall–Kier alpha value is -2.34. The third kappa shape index (κ3) is 2.62. The molecule has 1 aromatic heterocycles. The second kappa shape index (κ2) is 4.89. The lowest BCUT2D eigenvalue weighted by atomic mass is 10.2. The van der Waals surface area contributed by atoms with Gasteiger partial charge in [0, 0.05) is 0 Å². The van der Waals surface area contributed by atoms with Gasteiger partial charge in [0.05, 0.1) is 11.0 Å². The molecular formula is C15H14N2O3S. The molecule has 0 aliphatic rings. The predicted molar refractivity (Wildman–Crippen MR) is 79.8 cm³/mol. The zero-order valence-corrected chi connectivity index (χ0v) is 12.4. The molecule has 3 aromatic rings. The van der Waals surface area contributed by atoms with E-state index in [9.17, 15) is 8.42 Å². The van der Waals surface area contributed by atoms with E-state index in [-0.39, 0.29) is 10.9 Å². The van der Waals surface area contributed by atoms with Gasteiger partial charge in [0.15, 0.2) is 0 Å². The first-order valence-corrected chi connectivity index (χ1v) is 7.83. The van der Waals surface area contributed by atoms with Crippen molar-refractivity contribution >= 4 is 21.2 Å². The molecule has 0 saturated heterocycles. The summed E-state index contributed by atoms with van der Waals surface area (Å²) in [6.45, 7) is 3.64. The van der Waals surface area contributed by atoms with Gasteiger partial charge in [-0.05, 0) is 37.6 Å². The van der Waals surface area contributed by atoms with E-state index in [2.05, 4.69) is 9.97 Å². The van der Waals surface area contributed by atoms with Gasteiger partial charge >= 0.3 is 16.1 Å². The van der Waals surface area contributed by atoms with E-state index in [1.165, 1.54) is 0 Å². The molecule has 2 aromatic carbocycles. The fraction of sp³-hybridized carbons (Fsp3) is 0.133. The maximum Gasteiger partial charge on any atom is 0.342 e. The van der Waals surface area contributed by atoms with Crippen molar-refractivity contribution in [3.63, 3.8) is 0 Å². The molecule has 5 nitrogen and oxygen atoms in total. The van der Waals surface area contributed by atoms with Crippen molar-refractivity contribution in [3.05, 3.63) is 53.6 Å². The molecule has 3 rings (SSSR count). The number of benzene rings is 2. The second-order valence-corrected chi connectivity index (χ2v) is 6.38. The molecule has 0 fully saturated rings. The molecule has 0 aliphatic heterocycles. The number of nitrogens with one attached hydrogen (secondary N) is 1. The van der Waals surface area contributed by atoms with Crippen LogP contribution in [-0.2, 0) is 10.1 Å². The molecule has 0 aliphatic carbocycles. The Balaban J connectivity index is 1.99. The van der Waals surface area contributed by atoms with E-state index in [1.807, 2.05) is 19.1 Å². The van der Waals surface area contributed by atoms with Gasteiger partial charge in [-0.25, -0.2) is 0 Å². The molecule has 6 heteroatoms. The van der Waals surface area contributed by atoms with Crippen molar-refractivity contribution in [1.29, 1.82) is 0 Å². The van der Waals surface area contributed by atoms with Crippen LogP contribution in [0.3, 0.4) is 0 Å². The number of aryl methyl sites for hydroxylation is 2. The predicted octanol–water partition coefficient (Wildman–Crippen LogP) is 2.95. The number of hydrogen-bond acceptors (Lipinski definition) is 4. The van der Waals surface area contributed by atoms with Gasteiger partial charge < -0.3 is 9.17 Å². The van der Waals surface area contributed by atoms with E-state index in [4.69, 9.17) is 4.18 Å². The van der Waals surface area contributed by atoms with Crippen LogP contribution in [0.5, 0.6) is 6.01 Å². The molecule has 108 valence electrons. The van der Waals surface area contributed by atoms with Crippen molar-refractivity contribution in [3.8, 4) is 6.01 Å². The highest BCUT2D eigenvalue weighted by Gasteiger charge is 2.21. The topological polar surface area (TPSA) is 72.1 Å². The van der Waals surface area contributed by atoms with Gasteiger partial charge in [-0.15, -0.1) is 0 Å². The molecule has 0 saturated carbocycles. The molecule has 0 atom stereocenters. The zero-order valence-electron chi connectivity index (χ0n) is 11.6. The van der Waals surface area contributed by atoms with Gasteiger partial charge in [-0.2, -0.15) is 13.4 Å². The number of aromatic amines is 1. The summed E-state index contributed by atoms with van der Waals surface area (Å²) in [5.74, 6) is 0. The number of para-hydroxylation sites is 2. The van der Waals surface area contributed by atoms with Crippen molar-refractivity contribution in [2.24, 2.45) is 0 Å². The zero-order chi connectivity index (χ0) is 15.0. The summed E-state index contributed by atoms with van der Waals surface area (Å²) in [7, 11) is -3.90. The largest absolute Gasteiger partial charge is 0.342 e. The Bertz CT molecular complexity index is 881. The Morgan fingerprint density at radius 2 is 1.86 bits per heavy atom. The summed E-state index contributed by atoms with van der Waals surface area (Å²) < 4.78 is 29.8. The fourth-order valence-electron chi connectivity index (χ4n) is 2.20. The summed E-state index contributed by atoms with van der Waals surface area (Å²) >= 11 is 0. The van der Waals surface area contributed by atoms with Crippen LogP contribution in [0.1, 0.15) is 11.1 Å². The molecule has 0 amide bonds. The first kappa shape index (κ1) is 13.6. The normalized spacial score (nSPS) is 11.7. The minimum Gasteiger partial charge on any atom is -0.342 e. The minimum atomic E-state index is -3.90.